The highest BCUT2D eigenvalue weighted by Gasteiger charge is 2.21. The molecule has 0 atom stereocenters. The summed E-state index contributed by atoms with van der Waals surface area (Å²) in [5.41, 5.74) is 2.89. The first-order chi connectivity index (χ1) is 12.7. The van der Waals surface area contributed by atoms with E-state index in [4.69, 9.17) is 4.74 Å². The summed E-state index contributed by atoms with van der Waals surface area (Å²) in [6.07, 6.45) is 4.68. The maximum absolute atomic E-state index is 12.3. The van der Waals surface area contributed by atoms with Gasteiger partial charge >= 0.3 is 0 Å². The van der Waals surface area contributed by atoms with E-state index in [1.54, 1.807) is 0 Å². The third kappa shape index (κ3) is 3.77. The Bertz CT molecular complexity index is 817. The molecule has 2 aromatic rings. The van der Waals surface area contributed by atoms with E-state index in [9.17, 15) is 4.79 Å². The molecule has 0 bridgehead atoms. The molecule has 4 rings (SSSR count). The van der Waals surface area contributed by atoms with E-state index < -0.39 is 0 Å². The molecule has 2 aliphatic rings. The first-order valence-corrected chi connectivity index (χ1v) is 10.1. The van der Waals surface area contributed by atoms with Gasteiger partial charge in [-0.05, 0) is 17.9 Å². The summed E-state index contributed by atoms with van der Waals surface area (Å²) < 4.78 is 5.39. The molecule has 26 heavy (non-hydrogen) atoms. The fourth-order valence-electron chi connectivity index (χ4n) is 3.44. The molecule has 0 radical (unpaired) electrons. The topological polar surface area (TPSA) is 74.4 Å². The Morgan fingerprint density at radius 3 is 2.85 bits per heavy atom. The second-order valence-electron chi connectivity index (χ2n) is 6.59. The summed E-state index contributed by atoms with van der Waals surface area (Å²) >= 11 is 1.47. The number of hydrogen-bond acceptors (Lipinski definition) is 7. The number of thioether (sulfide) groups is 1. The molecular formula is C18H23N5O2S. The van der Waals surface area contributed by atoms with Crippen molar-refractivity contribution >= 4 is 17.6 Å². The quantitative estimate of drug-likeness (QED) is 0.639. The van der Waals surface area contributed by atoms with Crippen LogP contribution in [0.1, 0.15) is 16.8 Å². The number of anilines is 1. The monoisotopic (exact) mass is 373 g/mol. The molecule has 8 heteroatoms. The van der Waals surface area contributed by atoms with Gasteiger partial charge in [-0.1, -0.05) is 17.8 Å². The lowest BCUT2D eigenvalue weighted by molar-refractivity contribution is 0.122. The number of morpholine rings is 1. The molecule has 1 N–H and O–H groups in total. The van der Waals surface area contributed by atoms with Crippen LogP contribution >= 0.6 is 11.8 Å². The SMILES string of the molecule is CSc1nc2c(c(=O)[nH]1)CN(Cc1ccc(N3CCOCC3)nc1)CC2. The zero-order valence-electron chi connectivity index (χ0n) is 14.9. The molecule has 1 saturated heterocycles. The molecule has 2 aromatic heterocycles. The summed E-state index contributed by atoms with van der Waals surface area (Å²) in [6.45, 7) is 5.64. The number of pyridine rings is 1. The molecule has 2 aliphatic heterocycles. The number of H-pyrrole nitrogens is 1. The van der Waals surface area contributed by atoms with Crippen LogP contribution in [0.15, 0.2) is 28.3 Å². The Kier molecular flexibility index (Phi) is 5.23. The van der Waals surface area contributed by atoms with Crippen molar-refractivity contribution in [1.29, 1.82) is 0 Å². The first-order valence-electron chi connectivity index (χ1n) is 8.89. The lowest BCUT2D eigenvalue weighted by atomic mass is 10.1. The van der Waals surface area contributed by atoms with E-state index in [0.29, 0.717) is 11.7 Å². The third-order valence-electron chi connectivity index (χ3n) is 4.87. The molecule has 1 fully saturated rings. The molecule has 7 nitrogen and oxygen atoms in total. The molecule has 0 aromatic carbocycles. The molecular weight excluding hydrogens is 350 g/mol. The largest absolute Gasteiger partial charge is 0.378 e. The van der Waals surface area contributed by atoms with Crippen molar-refractivity contribution in [3.8, 4) is 0 Å². The van der Waals surface area contributed by atoms with Gasteiger partial charge in [0.15, 0.2) is 5.16 Å². The molecule has 0 unspecified atom stereocenters. The Morgan fingerprint density at radius 2 is 2.12 bits per heavy atom. The van der Waals surface area contributed by atoms with Gasteiger partial charge in [0.1, 0.15) is 5.82 Å². The summed E-state index contributed by atoms with van der Waals surface area (Å²) in [4.78, 5) is 28.8. The second kappa shape index (κ2) is 7.77. The van der Waals surface area contributed by atoms with Gasteiger partial charge in [-0.25, -0.2) is 9.97 Å². The van der Waals surface area contributed by atoms with E-state index in [-0.39, 0.29) is 5.56 Å². The summed E-state index contributed by atoms with van der Waals surface area (Å²) in [5, 5.41) is 0.699. The maximum Gasteiger partial charge on any atom is 0.256 e. The van der Waals surface area contributed by atoms with Crippen LogP contribution in [0.5, 0.6) is 0 Å². The van der Waals surface area contributed by atoms with Crippen LogP contribution in [0.2, 0.25) is 0 Å². The minimum atomic E-state index is -0.00941. The number of rotatable bonds is 4. The van der Waals surface area contributed by atoms with Crippen molar-refractivity contribution in [2.24, 2.45) is 0 Å². The van der Waals surface area contributed by atoms with Gasteiger partial charge in [0.05, 0.1) is 24.5 Å². The molecule has 138 valence electrons. The van der Waals surface area contributed by atoms with Crippen LogP contribution in [0.3, 0.4) is 0 Å². The highest BCUT2D eigenvalue weighted by Crippen LogP contribution is 2.19. The summed E-state index contributed by atoms with van der Waals surface area (Å²) in [7, 11) is 0. The number of nitrogens with zero attached hydrogens (tertiary/aromatic N) is 4. The first kappa shape index (κ1) is 17.5. The standard InChI is InChI=1S/C18H23N5O2S/c1-26-18-20-15-4-5-22(12-14(15)17(24)21-18)11-13-2-3-16(19-10-13)23-6-8-25-9-7-23/h2-3,10H,4-9,11-12H2,1H3,(H,20,21,24). The molecule has 0 saturated carbocycles. The minimum Gasteiger partial charge on any atom is -0.378 e. The van der Waals surface area contributed by atoms with Crippen molar-refractivity contribution in [2.45, 2.75) is 24.7 Å². The second-order valence-corrected chi connectivity index (χ2v) is 7.38. The van der Waals surface area contributed by atoms with E-state index >= 15 is 0 Å². The fourth-order valence-corrected chi connectivity index (χ4v) is 3.83. The van der Waals surface area contributed by atoms with Crippen LogP contribution < -0.4 is 10.5 Å². The Hall–Kier alpha value is -1.90. The van der Waals surface area contributed by atoms with E-state index in [1.807, 2.05) is 12.5 Å². The average Bonchev–Trinajstić information content (AvgIpc) is 2.69. The number of nitrogens with one attached hydrogen (secondary N) is 1. The molecule has 0 amide bonds. The fraction of sp³-hybridized carbons (Fsp3) is 0.500. The summed E-state index contributed by atoms with van der Waals surface area (Å²) in [6, 6.07) is 4.21. The zero-order valence-corrected chi connectivity index (χ0v) is 15.7. The number of aromatic nitrogens is 3. The van der Waals surface area contributed by atoms with Crippen molar-refractivity contribution in [1.82, 2.24) is 19.9 Å². The van der Waals surface area contributed by atoms with Gasteiger partial charge in [-0.3, -0.25) is 9.69 Å². The van der Waals surface area contributed by atoms with Crippen molar-refractivity contribution in [3.05, 3.63) is 45.5 Å². The van der Waals surface area contributed by atoms with E-state index in [1.165, 1.54) is 11.8 Å². The zero-order chi connectivity index (χ0) is 17.9. The number of fused-ring (bicyclic) bond motifs is 1. The van der Waals surface area contributed by atoms with Gasteiger partial charge in [-0.15, -0.1) is 0 Å². The van der Waals surface area contributed by atoms with Crippen molar-refractivity contribution in [2.75, 3.05) is 44.0 Å². The highest BCUT2D eigenvalue weighted by molar-refractivity contribution is 7.98. The normalized spacial score (nSPS) is 18.0. The van der Waals surface area contributed by atoms with Gasteiger partial charge in [0.25, 0.3) is 5.56 Å². The van der Waals surface area contributed by atoms with Crippen molar-refractivity contribution < 1.29 is 4.74 Å². The van der Waals surface area contributed by atoms with Crippen LogP contribution in [0, 0.1) is 0 Å². The molecule has 0 spiro atoms. The molecule has 4 heterocycles. The summed E-state index contributed by atoms with van der Waals surface area (Å²) in [5.74, 6) is 1.01. The lowest BCUT2D eigenvalue weighted by Gasteiger charge is -2.29. The van der Waals surface area contributed by atoms with Crippen LogP contribution in [0.25, 0.3) is 0 Å². The van der Waals surface area contributed by atoms with Gasteiger partial charge < -0.3 is 14.6 Å². The van der Waals surface area contributed by atoms with Crippen LogP contribution in [-0.2, 0) is 24.2 Å². The Balaban J connectivity index is 1.43. The van der Waals surface area contributed by atoms with Gasteiger partial charge in [0.2, 0.25) is 0 Å². The van der Waals surface area contributed by atoms with Gasteiger partial charge in [-0.2, -0.15) is 0 Å². The predicted octanol–water partition coefficient (Wildman–Crippen LogP) is 1.28. The van der Waals surface area contributed by atoms with Crippen LogP contribution in [-0.4, -0.2) is 59.0 Å². The van der Waals surface area contributed by atoms with Gasteiger partial charge in [0, 0.05) is 45.3 Å². The van der Waals surface area contributed by atoms with E-state index in [0.717, 1.165) is 68.5 Å². The molecule has 0 aliphatic carbocycles. The third-order valence-corrected chi connectivity index (χ3v) is 5.45. The van der Waals surface area contributed by atoms with E-state index in [2.05, 4.69) is 36.9 Å². The highest BCUT2D eigenvalue weighted by atomic mass is 32.2. The van der Waals surface area contributed by atoms with Crippen LogP contribution in [0.4, 0.5) is 5.82 Å². The number of aromatic amines is 1. The van der Waals surface area contributed by atoms with Crippen molar-refractivity contribution in [3.63, 3.8) is 0 Å². The average molecular weight is 373 g/mol. The smallest absolute Gasteiger partial charge is 0.256 e. The maximum atomic E-state index is 12.3. The number of hydrogen-bond donors (Lipinski definition) is 1. The predicted molar refractivity (Wildman–Crippen MR) is 102 cm³/mol. The number of ether oxygens (including phenoxy) is 1. The Labute approximate surface area is 156 Å². The Morgan fingerprint density at radius 1 is 1.27 bits per heavy atom. The lowest BCUT2D eigenvalue weighted by Crippen LogP contribution is -2.37. The minimum absolute atomic E-state index is 0.00941.